The Labute approximate surface area is 201 Å². The van der Waals surface area contributed by atoms with Gasteiger partial charge in [-0.1, -0.05) is 89.6 Å². The Morgan fingerprint density at radius 2 is 1.39 bits per heavy atom. The minimum absolute atomic E-state index is 0.00329. The molecule has 7 heteroatoms. The quantitative estimate of drug-likeness (QED) is 0.361. The van der Waals surface area contributed by atoms with Gasteiger partial charge in [0, 0.05) is 23.2 Å². The fourth-order valence-electron chi connectivity index (χ4n) is 2.06. The Morgan fingerprint density at radius 3 is 1.87 bits per heavy atom. The van der Waals surface area contributed by atoms with Crippen LogP contribution in [0.2, 0.25) is 0 Å². The van der Waals surface area contributed by atoms with E-state index in [0.29, 0.717) is 11.6 Å². The number of amides is 2. The Balaban J connectivity index is 0.000000547. The number of aromatic nitrogens is 2. The number of nitrogens with one attached hydrogen (secondary N) is 2. The van der Waals surface area contributed by atoms with Gasteiger partial charge in [0.15, 0.2) is 0 Å². The maximum Gasteiger partial charge on any atom is 0.230 e. The molecule has 0 fully saturated rings. The molecule has 0 radical (unpaired) electrons. The summed E-state index contributed by atoms with van der Waals surface area (Å²) in [5, 5.41) is 5.62. The van der Waals surface area contributed by atoms with E-state index in [2.05, 4.69) is 50.1 Å². The zero-order valence-electron chi connectivity index (χ0n) is 20.0. The van der Waals surface area contributed by atoms with Crippen LogP contribution in [0.25, 0.3) is 0 Å². The fourth-order valence-corrected chi connectivity index (χ4v) is 2.06. The van der Waals surface area contributed by atoms with Crippen LogP contribution < -0.4 is 10.6 Å². The number of alkyl halides is 1. The molecule has 2 rings (SSSR count). The molecular formula is C24H37IN4O2. The van der Waals surface area contributed by atoms with E-state index in [0.717, 1.165) is 18.4 Å². The predicted octanol–water partition coefficient (Wildman–Crippen LogP) is 6.14. The second-order valence-electron chi connectivity index (χ2n) is 8.88. The van der Waals surface area contributed by atoms with E-state index in [1.165, 1.54) is 0 Å². The van der Waals surface area contributed by atoms with Crippen LogP contribution in [0, 0.1) is 10.8 Å². The van der Waals surface area contributed by atoms with Crippen LogP contribution in [0.4, 0.5) is 11.6 Å². The molecule has 0 atom stereocenters. The number of aryl methyl sites for hydroxylation is 1. The molecule has 0 aromatic carbocycles. The van der Waals surface area contributed by atoms with Crippen molar-refractivity contribution in [3.8, 4) is 0 Å². The molecule has 2 N–H and O–H groups in total. The van der Waals surface area contributed by atoms with Gasteiger partial charge in [0.2, 0.25) is 11.8 Å². The van der Waals surface area contributed by atoms with Crippen molar-refractivity contribution < 1.29 is 9.59 Å². The third kappa shape index (κ3) is 11.8. The topological polar surface area (TPSA) is 84.0 Å². The van der Waals surface area contributed by atoms with Gasteiger partial charge in [-0.25, -0.2) is 9.97 Å². The molecule has 0 aliphatic carbocycles. The molecule has 0 unspecified atom stereocenters. The van der Waals surface area contributed by atoms with Crippen molar-refractivity contribution in [3.05, 3.63) is 48.3 Å². The van der Waals surface area contributed by atoms with Crippen LogP contribution in [0.15, 0.2) is 42.7 Å². The number of nitrogens with zero attached hydrogens (tertiary/aromatic N) is 2. The largest absolute Gasteiger partial charge is 0.310 e. The Kier molecular flexibility index (Phi) is 13.2. The lowest BCUT2D eigenvalue weighted by Gasteiger charge is -2.18. The highest BCUT2D eigenvalue weighted by Crippen LogP contribution is 2.19. The summed E-state index contributed by atoms with van der Waals surface area (Å²) in [5.41, 5.74) is 0.334. The van der Waals surface area contributed by atoms with Crippen molar-refractivity contribution in [2.45, 2.75) is 61.3 Å². The SMILES string of the molecule is CC(C)(C)C(=O)Nc1ccccn1.CCCc1cccnc1NC(=O)C(C)(C)C.CI. The number of rotatable bonds is 4. The summed E-state index contributed by atoms with van der Waals surface area (Å²) in [6.45, 7) is 13.4. The van der Waals surface area contributed by atoms with Gasteiger partial charge >= 0.3 is 0 Å². The van der Waals surface area contributed by atoms with Gasteiger partial charge in [-0.3, -0.25) is 9.59 Å². The maximum absolute atomic E-state index is 11.8. The number of carbonyl (C=O) groups is 2. The van der Waals surface area contributed by atoms with Crippen LogP contribution in [-0.4, -0.2) is 26.7 Å². The number of anilines is 2. The van der Waals surface area contributed by atoms with Gasteiger partial charge in [-0.15, -0.1) is 0 Å². The van der Waals surface area contributed by atoms with E-state index in [1.807, 2.05) is 70.7 Å². The van der Waals surface area contributed by atoms with Gasteiger partial charge in [-0.2, -0.15) is 0 Å². The van der Waals surface area contributed by atoms with Crippen molar-refractivity contribution in [1.29, 1.82) is 0 Å². The predicted molar refractivity (Wildman–Crippen MR) is 139 cm³/mol. The Hall–Kier alpha value is -2.03. The summed E-state index contributed by atoms with van der Waals surface area (Å²) in [4.78, 5) is 33.5. The summed E-state index contributed by atoms with van der Waals surface area (Å²) in [7, 11) is 0. The summed E-state index contributed by atoms with van der Waals surface area (Å²) >= 11 is 2.15. The molecule has 0 spiro atoms. The molecule has 0 saturated heterocycles. The van der Waals surface area contributed by atoms with Crippen LogP contribution >= 0.6 is 22.6 Å². The second kappa shape index (κ2) is 14.1. The smallest absolute Gasteiger partial charge is 0.230 e. The fraction of sp³-hybridized carbons (Fsp3) is 0.500. The number of hydrogen-bond acceptors (Lipinski definition) is 4. The standard InChI is InChI=1S/C13H20N2O.C10H14N2O.CH3I/c1-5-7-10-8-6-9-14-11(10)15-12(16)13(2,3)4;1-10(2,3)9(13)12-8-6-4-5-7-11-8;1-2/h6,8-9H,5,7H2,1-4H3,(H,14,15,16);4-7H,1-3H3,(H,11,12,13);1H3. The van der Waals surface area contributed by atoms with Crippen LogP contribution in [0.5, 0.6) is 0 Å². The van der Waals surface area contributed by atoms with Crippen molar-refractivity contribution in [1.82, 2.24) is 9.97 Å². The third-order valence-corrected chi connectivity index (χ3v) is 3.91. The van der Waals surface area contributed by atoms with E-state index in [4.69, 9.17) is 0 Å². The van der Waals surface area contributed by atoms with Gasteiger partial charge in [0.25, 0.3) is 0 Å². The average Bonchev–Trinajstić information content (AvgIpc) is 2.71. The zero-order chi connectivity index (χ0) is 24.1. The number of hydrogen-bond donors (Lipinski definition) is 2. The van der Waals surface area contributed by atoms with Crippen molar-refractivity contribution in [2.24, 2.45) is 10.8 Å². The number of carbonyl (C=O) groups excluding carboxylic acids is 2. The molecular weight excluding hydrogens is 503 g/mol. The third-order valence-electron chi connectivity index (χ3n) is 3.91. The van der Waals surface area contributed by atoms with Crippen molar-refractivity contribution >= 4 is 46.0 Å². The molecule has 2 heterocycles. The summed E-state index contributed by atoms with van der Waals surface area (Å²) in [6, 6.07) is 9.33. The Bertz CT molecular complexity index is 797. The second-order valence-corrected chi connectivity index (χ2v) is 8.88. The first-order valence-electron chi connectivity index (χ1n) is 10.3. The molecule has 2 aromatic rings. The minimum Gasteiger partial charge on any atom is -0.310 e. The van der Waals surface area contributed by atoms with Gasteiger partial charge in [0.1, 0.15) is 11.6 Å². The van der Waals surface area contributed by atoms with Crippen LogP contribution in [-0.2, 0) is 16.0 Å². The van der Waals surface area contributed by atoms with Gasteiger partial charge in [-0.05, 0) is 35.1 Å². The van der Waals surface area contributed by atoms with Crippen molar-refractivity contribution in [2.75, 3.05) is 15.6 Å². The zero-order valence-corrected chi connectivity index (χ0v) is 22.2. The molecule has 0 bridgehead atoms. The molecule has 0 saturated carbocycles. The van der Waals surface area contributed by atoms with Crippen LogP contribution in [0.3, 0.4) is 0 Å². The average molecular weight is 540 g/mol. The number of pyridine rings is 2. The molecule has 6 nitrogen and oxygen atoms in total. The van der Waals surface area contributed by atoms with E-state index in [9.17, 15) is 9.59 Å². The first-order chi connectivity index (χ1) is 14.4. The normalized spacial score (nSPS) is 10.6. The monoisotopic (exact) mass is 540 g/mol. The molecule has 0 aliphatic rings. The first kappa shape index (κ1) is 29.0. The highest BCUT2D eigenvalue weighted by molar-refractivity contribution is 14.1. The van der Waals surface area contributed by atoms with Crippen molar-refractivity contribution in [3.63, 3.8) is 0 Å². The highest BCUT2D eigenvalue weighted by atomic mass is 127. The molecule has 2 amide bonds. The lowest BCUT2D eigenvalue weighted by molar-refractivity contribution is -0.123. The van der Waals surface area contributed by atoms with E-state index in [-0.39, 0.29) is 22.6 Å². The highest BCUT2D eigenvalue weighted by Gasteiger charge is 2.22. The summed E-state index contributed by atoms with van der Waals surface area (Å²) < 4.78 is 0. The molecule has 0 aliphatic heterocycles. The number of halogens is 1. The minimum atomic E-state index is -0.388. The Morgan fingerprint density at radius 1 is 0.839 bits per heavy atom. The lowest BCUT2D eigenvalue weighted by atomic mass is 9.95. The lowest BCUT2D eigenvalue weighted by Crippen LogP contribution is -2.28. The van der Waals surface area contributed by atoms with Gasteiger partial charge < -0.3 is 10.6 Å². The maximum atomic E-state index is 11.8. The van der Waals surface area contributed by atoms with E-state index < -0.39 is 0 Å². The molecule has 172 valence electrons. The first-order valence-corrected chi connectivity index (χ1v) is 12.5. The molecule has 31 heavy (non-hydrogen) atoms. The summed E-state index contributed by atoms with van der Waals surface area (Å²) in [5.74, 6) is 1.28. The van der Waals surface area contributed by atoms with Crippen LogP contribution in [0.1, 0.15) is 60.5 Å². The molecule has 2 aromatic heterocycles. The van der Waals surface area contributed by atoms with Gasteiger partial charge in [0.05, 0.1) is 0 Å². The van der Waals surface area contributed by atoms with E-state index in [1.54, 1.807) is 18.5 Å². The van der Waals surface area contributed by atoms with E-state index >= 15 is 0 Å². The summed E-state index contributed by atoms with van der Waals surface area (Å²) in [6.07, 6.45) is 5.34.